The molecule has 0 aromatic rings. The molecule has 1 saturated heterocycles. The fraction of sp³-hybridized carbons (Fsp3) is 1.00. The van der Waals surface area contributed by atoms with Crippen LogP contribution in [0, 0.1) is 0 Å². The lowest BCUT2D eigenvalue weighted by Crippen LogP contribution is -2.62. The van der Waals surface area contributed by atoms with Crippen molar-refractivity contribution >= 4 is 0 Å². The molecule has 2 rings (SSSR count). The van der Waals surface area contributed by atoms with Crippen LogP contribution >= 0.6 is 0 Å². The van der Waals surface area contributed by atoms with Crippen molar-refractivity contribution in [1.29, 1.82) is 0 Å². The van der Waals surface area contributed by atoms with E-state index in [1.807, 2.05) is 7.11 Å². The van der Waals surface area contributed by atoms with Gasteiger partial charge in [0.25, 0.3) is 0 Å². The van der Waals surface area contributed by atoms with E-state index in [1.165, 1.54) is 32.5 Å². The zero-order valence-electron chi connectivity index (χ0n) is 10.5. The summed E-state index contributed by atoms with van der Waals surface area (Å²) in [6.45, 7) is 8.30. The maximum atomic E-state index is 5.34. The second kappa shape index (κ2) is 4.04. The highest BCUT2D eigenvalue weighted by Gasteiger charge is 2.39. The second-order valence-electron chi connectivity index (χ2n) is 5.69. The zero-order chi connectivity index (χ0) is 11.1. The first-order chi connectivity index (χ1) is 7.03. The quantitative estimate of drug-likeness (QED) is 0.684. The molecule has 1 aliphatic carbocycles. The predicted molar refractivity (Wildman–Crippen MR) is 62.1 cm³/mol. The molecule has 0 aromatic heterocycles. The number of hydrogen-bond donors (Lipinski definition) is 0. The van der Waals surface area contributed by atoms with Gasteiger partial charge in [-0.1, -0.05) is 0 Å². The van der Waals surface area contributed by atoms with Gasteiger partial charge in [0.1, 0.15) is 0 Å². The Morgan fingerprint density at radius 2 is 1.87 bits per heavy atom. The lowest BCUT2D eigenvalue weighted by Gasteiger charge is -2.51. The number of likely N-dealkylation sites (N-methyl/N-ethyl adjacent to an activating group) is 1. The first-order valence-corrected chi connectivity index (χ1v) is 6.01. The lowest BCUT2D eigenvalue weighted by atomic mass is 9.85. The molecule has 2 fully saturated rings. The summed E-state index contributed by atoms with van der Waals surface area (Å²) < 4.78 is 5.34. The summed E-state index contributed by atoms with van der Waals surface area (Å²) in [5, 5.41) is 0. The van der Waals surface area contributed by atoms with E-state index >= 15 is 0 Å². The van der Waals surface area contributed by atoms with Crippen LogP contribution in [0.4, 0.5) is 0 Å². The zero-order valence-corrected chi connectivity index (χ0v) is 10.5. The Bertz CT molecular complexity index is 224. The number of hydrogen-bond acceptors (Lipinski definition) is 3. The molecule has 2 aliphatic rings. The second-order valence-corrected chi connectivity index (χ2v) is 5.69. The Hall–Kier alpha value is -0.120. The molecule has 3 heteroatoms. The minimum absolute atomic E-state index is 0.330. The third-order valence-electron chi connectivity index (χ3n) is 4.27. The molecule has 3 nitrogen and oxygen atoms in total. The van der Waals surface area contributed by atoms with E-state index in [2.05, 4.69) is 30.7 Å². The Morgan fingerprint density at radius 1 is 1.20 bits per heavy atom. The van der Waals surface area contributed by atoms with Crippen molar-refractivity contribution in [2.24, 2.45) is 0 Å². The van der Waals surface area contributed by atoms with Crippen LogP contribution in [0.15, 0.2) is 0 Å². The van der Waals surface area contributed by atoms with Gasteiger partial charge in [0.15, 0.2) is 0 Å². The molecule has 0 N–H and O–H groups in total. The molecule has 0 amide bonds. The predicted octanol–water partition coefficient (Wildman–Crippen LogP) is 1.19. The molecule has 88 valence electrons. The Kier molecular flexibility index (Phi) is 3.06. The number of methoxy groups -OCH3 is 1. The highest BCUT2D eigenvalue weighted by atomic mass is 16.5. The Balaban J connectivity index is 1.86. The van der Waals surface area contributed by atoms with Crippen LogP contribution in [0.25, 0.3) is 0 Å². The van der Waals surface area contributed by atoms with Crippen molar-refractivity contribution in [2.45, 2.75) is 44.4 Å². The molecule has 0 aromatic carbocycles. The van der Waals surface area contributed by atoms with E-state index in [-0.39, 0.29) is 0 Å². The molecule has 0 radical (unpaired) electrons. The normalized spacial score (nSPS) is 37.6. The summed E-state index contributed by atoms with van der Waals surface area (Å²) in [5.41, 5.74) is 0.330. The minimum atomic E-state index is 0.330. The molecular formula is C12H24N2O. The van der Waals surface area contributed by atoms with E-state index in [1.54, 1.807) is 0 Å². The van der Waals surface area contributed by atoms with E-state index in [0.29, 0.717) is 11.6 Å². The van der Waals surface area contributed by atoms with Crippen molar-refractivity contribution in [3.8, 4) is 0 Å². The van der Waals surface area contributed by atoms with Crippen molar-refractivity contribution in [3.63, 3.8) is 0 Å². The van der Waals surface area contributed by atoms with Gasteiger partial charge in [0.2, 0.25) is 0 Å². The van der Waals surface area contributed by atoms with Crippen LogP contribution < -0.4 is 0 Å². The van der Waals surface area contributed by atoms with Crippen molar-refractivity contribution in [2.75, 3.05) is 33.8 Å². The molecule has 0 bridgehead atoms. The van der Waals surface area contributed by atoms with Crippen LogP contribution in [-0.2, 0) is 4.74 Å². The van der Waals surface area contributed by atoms with E-state index in [9.17, 15) is 0 Å². The molecule has 15 heavy (non-hydrogen) atoms. The third kappa shape index (κ3) is 2.19. The van der Waals surface area contributed by atoms with Gasteiger partial charge in [-0.25, -0.2) is 0 Å². The number of rotatable bonds is 2. The largest absolute Gasteiger partial charge is 0.381 e. The van der Waals surface area contributed by atoms with Crippen molar-refractivity contribution in [1.82, 2.24) is 9.80 Å². The van der Waals surface area contributed by atoms with E-state index in [4.69, 9.17) is 4.74 Å². The first kappa shape index (κ1) is 11.4. The summed E-state index contributed by atoms with van der Waals surface area (Å²) in [6, 6.07) is 0.780. The molecule has 0 spiro atoms. The maximum absolute atomic E-state index is 5.34. The first-order valence-electron chi connectivity index (χ1n) is 6.01. The van der Waals surface area contributed by atoms with Crippen LogP contribution in [0.1, 0.15) is 26.7 Å². The fourth-order valence-corrected chi connectivity index (χ4v) is 2.62. The molecule has 0 atom stereocenters. The topological polar surface area (TPSA) is 15.7 Å². The molecule has 0 unspecified atom stereocenters. The third-order valence-corrected chi connectivity index (χ3v) is 4.27. The van der Waals surface area contributed by atoms with Crippen LogP contribution in [0.5, 0.6) is 0 Å². The Labute approximate surface area is 93.4 Å². The average Bonchev–Trinajstić information content (AvgIpc) is 2.09. The molecule has 1 heterocycles. The summed E-state index contributed by atoms with van der Waals surface area (Å²) in [5.74, 6) is 0. The summed E-state index contributed by atoms with van der Waals surface area (Å²) in [7, 11) is 4.06. The van der Waals surface area contributed by atoms with Crippen LogP contribution in [0.3, 0.4) is 0 Å². The monoisotopic (exact) mass is 212 g/mol. The van der Waals surface area contributed by atoms with Gasteiger partial charge in [-0.3, -0.25) is 9.80 Å². The van der Waals surface area contributed by atoms with Gasteiger partial charge in [0.05, 0.1) is 6.10 Å². The van der Waals surface area contributed by atoms with Crippen LogP contribution in [-0.4, -0.2) is 61.3 Å². The summed E-state index contributed by atoms with van der Waals surface area (Å²) >= 11 is 0. The molecular weight excluding hydrogens is 188 g/mol. The lowest BCUT2D eigenvalue weighted by molar-refractivity contribution is -0.0620. The van der Waals surface area contributed by atoms with Gasteiger partial charge >= 0.3 is 0 Å². The van der Waals surface area contributed by atoms with E-state index < -0.39 is 0 Å². The number of piperazine rings is 1. The van der Waals surface area contributed by atoms with Crippen LogP contribution in [0.2, 0.25) is 0 Å². The van der Waals surface area contributed by atoms with Gasteiger partial charge < -0.3 is 4.74 Å². The molecule has 1 saturated carbocycles. The minimum Gasteiger partial charge on any atom is -0.381 e. The SMILES string of the molecule is CO[C@H]1C[C@H](N2CCN(C)C(C)(C)C2)C1. The highest BCUT2D eigenvalue weighted by molar-refractivity contribution is 4.95. The summed E-state index contributed by atoms with van der Waals surface area (Å²) in [6.07, 6.45) is 2.99. The summed E-state index contributed by atoms with van der Waals surface area (Å²) in [4.78, 5) is 5.12. The van der Waals surface area contributed by atoms with Gasteiger partial charge in [-0.05, 0) is 33.7 Å². The smallest absolute Gasteiger partial charge is 0.0601 e. The van der Waals surface area contributed by atoms with Crippen molar-refractivity contribution in [3.05, 3.63) is 0 Å². The maximum Gasteiger partial charge on any atom is 0.0601 e. The van der Waals surface area contributed by atoms with Crippen molar-refractivity contribution < 1.29 is 4.74 Å². The number of nitrogens with zero attached hydrogens (tertiary/aromatic N) is 2. The van der Waals surface area contributed by atoms with Gasteiger partial charge in [-0.15, -0.1) is 0 Å². The van der Waals surface area contributed by atoms with Gasteiger partial charge in [-0.2, -0.15) is 0 Å². The Morgan fingerprint density at radius 3 is 2.40 bits per heavy atom. The molecule has 1 aliphatic heterocycles. The standard InChI is InChI=1S/C12H24N2O/c1-12(2)9-14(6-5-13(12)3)10-7-11(8-10)15-4/h10-11H,5-9H2,1-4H3/t10-,11-. The highest BCUT2D eigenvalue weighted by Crippen LogP contribution is 2.31. The van der Waals surface area contributed by atoms with Gasteiger partial charge in [0, 0.05) is 38.3 Å². The average molecular weight is 212 g/mol. The number of ether oxygens (including phenoxy) is 1. The van der Waals surface area contributed by atoms with E-state index in [0.717, 1.165) is 6.04 Å². The fourth-order valence-electron chi connectivity index (χ4n) is 2.62.